The highest BCUT2D eigenvalue weighted by molar-refractivity contribution is 6.08. The van der Waals surface area contributed by atoms with Gasteiger partial charge in [0, 0.05) is 23.0 Å². The standard InChI is InChI=1S/C19H17N7O/c1-12-5-8-15(19(27)26(20)17-4-2-3-9-21-17)18(23-12)24-14-7-6-13-11-22-25-16(13)10-14/h2-11H,20H2,1H3,(H,22,25)(H,23,24). The van der Waals surface area contributed by atoms with Crippen LogP contribution in [-0.4, -0.2) is 26.1 Å². The van der Waals surface area contributed by atoms with Gasteiger partial charge in [0.15, 0.2) is 0 Å². The van der Waals surface area contributed by atoms with E-state index in [0.717, 1.165) is 27.3 Å². The summed E-state index contributed by atoms with van der Waals surface area (Å²) < 4.78 is 0. The Bertz CT molecular complexity index is 1110. The van der Waals surface area contributed by atoms with Crippen molar-refractivity contribution in [2.75, 3.05) is 10.3 Å². The molecule has 3 aromatic heterocycles. The van der Waals surface area contributed by atoms with Crippen molar-refractivity contribution in [3.05, 3.63) is 72.2 Å². The number of nitrogens with zero attached hydrogens (tertiary/aromatic N) is 4. The third-order valence-corrected chi connectivity index (χ3v) is 4.08. The number of aryl methyl sites for hydroxylation is 1. The van der Waals surface area contributed by atoms with Gasteiger partial charge in [-0.1, -0.05) is 6.07 Å². The van der Waals surface area contributed by atoms with Gasteiger partial charge >= 0.3 is 0 Å². The quantitative estimate of drug-likeness (QED) is 0.293. The van der Waals surface area contributed by atoms with Crippen LogP contribution in [0.5, 0.6) is 0 Å². The van der Waals surface area contributed by atoms with Crippen molar-refractivity contribution in [2.24, 2.45) is 5.84 Å². The minimum absolute atomic E-state index is 0.346. The van der Waals surface area contributed by atoms with Crippen molar-refractivity contribution in [1.82, 2.24) is 20.2 Å². The highest BCUT2D eigenvalue weighted by Crippen LogP contribution is 2.24. The number of pyridine rings is 2. The van der Waals surface area contributed by atoms with E-state index in [1.807, 2.05) is 25.1 Å². The summed E-state index contributed by atoms with van der Waals surface area (Å²) in [6.45, 7) is 1.86. The van der Waals surface area contributed by atoms with E-state index in [-0.39, 0.29) is 0 Å². The van der Waals surface area contributed by atoms with Gasteiger partial charge in [-0.3, -0.25) is 9.89 Å². The number of fused-ring (bicyclic) bond motifs is 1. The Labute approximate surface area is 155 Å². The van der Waals surface area contributed by atoms with E-state index in [1.165, 1.54) is 0 Å². The molecule has 3 heterocycles. The normalized spacial score (nSPS) is 10.7. The molecule has 4 N–H and O–H groups in total. The van der Waals surface area contributed by atoms with Gasteiger partial charge in [0.25, 0.3) is 5.91 Å². The van der Waals surface area contributed by atoms with E-state index in [1.54, 1.807) is 42.7 Å². The van der Waals surface area contributed by atoms with Crippen molar-refractivity contribution in [2.45, 2.75) is 6.92 Å². The van der Waals surface area contributed by atoms with Crippen LogP contribution in [0.2, 0.25) is 0 Å². The lowest BCUT2D eigenvalue weighted by Crippen LogP contribution is -2.38. The van der Waals surface area contributed by atoms with Gasteiger partial charge in [-0.15, -0.1) is 0 Å². The molecule has 0 fully saturated rings. The third kappa shape index (κ3) is 3.33. The Morgan fingerprint density at radius 2 is 2.07 bits per heavy atom. The van der Waals surface area contributed by atoms with Gasteiger partial charge in [-0.05, 0) is 49.4 Å². The smallest absolute Gasteiger partial charge is 0.277 e. The molecule has 0 radical (unpaired) electrons. The number of benzene rings is 1. The summed E-state index contributed by atoms with van der Waals surface area (Å²) in [5.41, 5.74) is 2.78. The number of hydrazine groups is 1. The SMILES string of the molecule is Cc1ccc(C(=O)N(N)c2ccccn2)c(Nc2ccc3cn[nH]c3c2)n1. The number of hydrogen-bond donors (Lipinski definition) is 3. The van der Waals surface area contributed by atoms with E-state index < -0.39 is 5.91 Å². The Morgan fingerprint density at radius 3 is 2.89 bits per heavy atom. The van der Waals surface area contributed by atoms with Gasteiger partial charge in [-0.25, -0.2) is 20.8 Å². The summed E-state index contributed by atoms with van der Waals surface area (Å²) in [5.74, 6) is 6.35. The van der Waals surface area contributed by atoms with Gasteiger partial charge in [0.05, 0.1) is 17.3 Å². The fraction of sp³-hybridized carbons (Fsp3) is 0.0526. The molecule has 0 unspecified atom stereocenters. The minimum Gasteiger partial charge on any atom is -0.339 e. The summed E-state index contributed by atoms with van der Waals surface area (Å²) in [6.07, 6.45) is 3.33. The van der Waals surface area contributed by atoms with Crippen molar-refractivity contribution < 1.29 is 4.79 Å². The van der Waals surface area contributed by atoms with Crippen LogP contribution in [0.15, 0.2) is 60.9 Å². The number of rotatable bonds is 4. The second-order valence-corrected chi connectivity index (χ2v) is 6.01. The summed E-state index contributed by atoms with van der Waals surface area (Å²) in [7, 11) is 0. The van der Waals surface area contributed by atoms with E-state index in [0.29, 0.717) is 17.2 Å². The molecule has 8 heteroatoms. The number of carbonyl (C=O) groups excluding carboxylic acids is 1. The molecule has 134 valence electrons. The Hall–Kier alpha value is -3.78. The van der Waals surface area contributed by atoms with Crippen LogP contribution in [0.1, 0.15) is 16.1 Å². The highest BCUT2D eigenvalue weighted by atomic mass is 16.2. The molecule has 27 heavy (non-hydrogen) atoms. The first-order valence-corrected chi connectivity index (χ1v) is 8.30. The second kappa shape index (κ2) is 6.85. The number of hydrogen-bond acceptors (Lipinski definition) is 6. The van der Waals surface area contributed by atoms with Crippen LogP contribution >= 0.6 is 0 Å². The predicted octanol–water partition coefficient (Wildman–Crippen LogP) is 2.93. The second-order valence-electron chi connectivity index (χ2n) is 6.01. The molecule has 0 aliphatic rings. The highest BCUT2D eigenvalue weighted by Gasteiger charge is 2.20. The monoisotopic (exact) mass is 359 g/mol. The molecule has 0 spiro atoms. The average molecular weight is 359 g/mol. The first-order chi connectivity index (χ1) is 13.1. The molecule has 4 aromatic rings. The zero-order valence-electron chi connectivity index (χ0n) is 14.5. The van der Waals surface area contributed by atoms with E-state index >= 15 is 0 Å². The van der Waals surface area contributed by atoms with Gasteiger partial charge < -0.3 is 5.32 Å². The van der Waals surface area contributed by atoms with Crippen molar-refractivity contribution in [3.8, 4) is 0 Å². The summed E-state index contributed by atoms with van der Waals surface area (Å²) in [6, 6.07) is 14.4. The summed E-state index contributed by atoms with van der Waals surface area (Å²) in [5, 5.41) is 12.1. The first kappa shape index (κ1) is 16.7. The molecule has 1 aromatic carbocycles. The number of nitrogens with two attached hydrogens (primary N) is 1. The number of carbonyl (C=O) groups is 1. The molecule has 0 saturated carbocycles. The molecule has 0 saturated heterocycles. The molecule has 0 bridgehead atoms. The molecule has 1 amide bonds. The minimum atomic E-state index is -0.411. The van der Waals surface area contributed by atoms with Gasteiger partial charge in [-0.2, -0.15) is 5.10 Å². The zero-order chi connectivity index (χ0) is 18.8. The van der Waals surface area contributed by atoms with Gasteiger partial charge in [0.1, 0.15) is 11.6 Å². The van der Waals surface area contributed by atoms with E-state index in [2.05, 4.69) is 25.5 Å². The summed E-state index contributed by atoms with van der Waals surface area (Å²) >= 11 is 0. The molecule has 0 atom stereocenters. The topological polar surface area (TPSA) is 113 Å². The molecule has 0 aliphatic heterocycles. The first-order valence-electron chi connectivity index (χ1n) is 8.30. The average Bonchev–Trinajstić information content (AvgIpc) is 3.15. The Kier molecular flexibility index (Phi) is 4.23. The van der Waals surface area contributed by atoms with Crippen molar-refractivity contribution in [3.63, 3.8) is 0 Å². The lowest BCUT2D eigenvalue weighted by Gasteiger charge is -2.18. The lowest BCUT2D eigenvalue weighted by molar-refractivity contribution is 0.0986. The largest absolute Gasteiger partial charge is 0.339 e. The number of anilines is 3. The molecular formula is C19H17N7O. The van der Waals surface area contributed by atoms with Crippen LogP contribution < -0.4 is 16.2 Å². The molecule has 4 rings (SSSR count). The predicted molar refractivity (Wildman–Crippen MR) is 104 cm³/mol. The van der Waals surface area contributed by atoms with Gasteiger partial charge in [0.2, 0.25) is 0 Å². The summed E-state index contributed by atoms with van der Waals surface area (Å²) in [4.78, 5) is 21.5. The Morgan fingerprint density at radius 1 is 1.19 bits per heavy atom. The fourth-order valence-electron chi connectivity index (χ4n) is 2.71. The number of aromatic nitrogens is 4. The van der Waals surface area contributed by atoms with Crippen LogP contribution in [0.4, 0.5) is 17.3 Å². The van der Waals surface area contributed by atoms with Crippen molar-refractivity contribution >= 4 is 34.1 Å². The molecular weight excluding hydrogens is 342 g/mol. The molecule has 0 aliphatic carbocycles. The van der Waals surface area contributed by atoms with E-state index in [9.17, 15) is 4.79 Å². The van der Waals surface area contributed by atoms with Crippen LogP contribution in [0.25, 0.3) is 10.9 Å². The fourth-order valence-corrected chi connectivity index (χ4v) is 2.71. The maximum atomic E-state index is 12.9. The number of nitrogens with one attached hydrogen (secondary N) is 2. The maximum absolute atomic E-state index is 12.9. The van der Waals surface area contributed by atoms with Crippen LogP contribution in [-0.2, 0) is 0 Å². The van der Waals surface area contributed by atoms with Crippen LogP contribution in [0, 0.1) is 6.92 Å². The number of H-pyrrole nitrogens is 1. The van der Waals surface area contributed by atoms with Crippen LogP contribution in [0.3, 0.4) is 0 Å². The third-order valence-electron chi connectivity index (χ3n) is 4.08. The number of amides is 1. The number of aromatic amines is 1. The zero-order valence-corrected chi connectivity index (χ0v) is 14.5. The maximum Gasteiger partial charge on any atom is 0.277 e. The lowest BCUT2D eigenvalue weighted by atomic mass is 10.2. The Balaban J connectivity index is 1.68. The molecule has 8 nitrogen and oxygen atoms in total. The van der Waals surface area contributed by atoms with Crippen molar-refractivity contribution in [1.29, 1.82) is 0 Å². The van der Waals surface area contributed by atoms with E-state index in [4.69, 9.17) is 5.84 Å².